The number of halogens is 1. The summed E-state index contributed by atoms with van der Waals surface area (Å²) < 4.78 is 12.9. The Kier molecular flexibility index (Phi) is 5.76. The van der Waals surface area contributed by atoms with E-state index in [4.69, 9.17) is 0 Å². The Bertz CT molecular complexity index is 1050. The molecule has 1 aliphatic rings. The number of amides is 1. The summed E-state index contributed by atoms with van der Waals surface area (Å²) in [6, 6.07) is 12.3. The Morgan fingerprint density at radius 2 is 1.97 bits per heavy atom. The van der Waals surface area contributed by atoms with Gasteiger partial charge in [0.15, 0.2) is 0 Å². The van der Waals surface area contributed by atoms with E-state index in [0.717, 1.165) is 24.1 Å². The van der Waals surface area contributed by atoms with Crippen LogP contribution in [0.4, 0.5) is 10.1 Å². The molecule has 0 fully saturated rings. The average Bonchev–Trinajstić information content (AvgIpc) is 3.36. The van der Waals surface area contributed by atoms with E-state index in [-0.39, 0.29) is 17.0 Å². The molecule has 148 valence electrons. The van der Waals surface area contributed by atoms with Crippen molar-refractivity contribution in [2.75, 3.05) is 5.32 Å². The Morgan fingerprint density at radius 3 is 2.79 bits per heavy atom. The van der Waals surface area contributed by atoms with Crippen LogP contribution in [-0.2, 0) is 17.6 Å². The number of fused-ring (bicyclic) bond motifs is 1. The van der Waals surface area contributed by atoms with Crippen molar-refractivity contribution in [3.05, 3.63) is 70.8 Å². The van der Waals surface area contributed by atoms with Crippen LogP contribution in [0.1, 0.15) is 35.9 Å². The van der Waals surface area contributed by atoms with Crippen LogP contribution in [0.5, 0.6) is 0 Å². The minimum atomic E-state index is -0.340. The van der Waals surface area contributed by atoms with Gasteiger partial charge in [-0.3, -0.25) is 9.89 Å². The molecule has 0 saturated heterocycles. The van der Waals surface area contributed by atoms with Crippen molar-refractivity contribution in [3.8, 4) is 0 Å². The summed E-state index contributed by atoms with van der Waals surface area (Å²) in [5, 5.41) is 10.1. The molecule has 1 amide bonds. The van der Waals surface area contributed by atoms with Gasteiger partial charge in [0, 0.05) is 5.69 Å². The third-order valence-corrected chi connectivity index (χ3v) is 5.76. The number of anilines is 1. The SMILES string of the molecule is C[C@H](Sc1n[nH]c(/C=C/c2ccc(F)cc2)n1)C(=O)Nc1ccc2c(c1)CCC2. The molecule has 4 rings (SSSR count). The number of thioether (sulfide) groups is 1. The van der Waals surface area contributed by atoms with Crippen LogP contribution in [0.15, 0.2) is 47.6 Å². The molecular formula is C22H21FN4OS. The van der Waals surface area contributed by atoms with Gasteiger partial charge in [0.2, 0.25) is 11.1 Å². The molecule has 0 unspecified atom stereocenters. The Hall–Kier alpha value is -2.93. The van der Waals surface area contributed by atoms with Crippen molar-refractivity contribution in [3.63, 3.8) is 0 Å². The number of nitrogens with one attached hydrogen (secondary N) is 2. The minimum Gasteiger partial charge on any atom is -0.325 e. The lowest BCUT2D eigenvalue weighted by Crippen LogP contribution is -2.22. The molecule has 2 aromatic carbocycles. The van der Waals surface area contributed by atoms with Gasteiger partial charge < -0.3 is 5.32 Å². The molecule has 1 heterocycles. The van der Waals surface area contributed by atoms with Crippen molar-refractivity contribution in [2.24, 2.45) is 0 Å². The number of aryl methyl sites for hydroxylation is 2. The molecule has 2 N–H and O–H groups in total. The summed E-state index contributed by atoms with van der Waals surface area (Å²) >= 11 is 1.29. The van der Waals surface area contributed by atoms with Crippen LogP contribution in [0.3, 0.4) is 0 Å². The summed E-state index contributed by atoms with van der Waals surface area (Å²) in [6.45, 7) is 1.83. The van der Waals surface area contributed by atoms with Crippen molar-refractivity contribution in [1.29, 1.82) is 0 Å². The van der Waals surface area contributed by atoms with E-state index in [9.17, 15) is 9.18 Å². The average molecular weight is 409 g/mol. The first-order chi connectivity index (χ1) is 14.1. The highest BCUT2D eigenvalue weighted by atomic mass is 32.2. The molecule has 1 aliphatic carbocycles. The van der Waals surface area contributed by atoms with Crippen molar-refractivity contribution in [2.45, 2.75) is 36.6 Å². The van der Waals surface area contributed by atoms with E-state index < -0.39 is 0 Å². The van der Waals surface area contributed by atoms with Gasteiger partial charge in [0.25, 0.3) is 0 Å². The van der Waals surface area contributed by atoms with Gasteiger partial charge in [0.1, 0.15) is 11.6 Å². The first kappa shape index (κ1) is 19.4. The van der Waals surface area contributed by atoms with E-state index in [1.807, 2.05) is 19.1 Å². The Morgan fingerprint density at radius 1 is 1.17 bits per heavy atom. The maximum atomic E-state index is 12.9. The van der Waals surface area contributed by atoms with Gasteiger partial charge in [-0.05, 0) is 73.2 Å². The summed E-state index contributed by atoms with van der Waals surface area (Å²) in [4.78, 5) is 16.9. The Labute approximate surface area is 172 Å². The predicted octanol–water partition coefficient (Wildman–Crippen LogP) is 4.72. The van der Waals surface area contributed by atoms with Crippen LogP contribution in [0, 0.1) is 5.82 Å². The number of carbonyl (C=O) groups excluding carboxylic acids is 1. The number of rotatable bonds is 6. The fraction of sp³-hybridized carbons (Fsp3) is 0.227. The second-order valence-corrected chi connectivity index (χ2v) is 8.28. The van der Waals surface area contributed by atoms with Crippen LogP contribution in [0.2, 0.25) is 0 Å². The number of hydrogen-bond acceptors (Lipinski definition) is 4. The summed E-state index contributed by atoms with van der Waals surface area (Å²) in [7, 11) is 0. The molecule has 0 saturated carbocycles. The van der Waals surface area contributed by atoms with Gasteiger partial charge in [-0.1, -0.05) is 36.0 Å². The highest BCUT2D eigenvalue weighted by molar-refractivity contribution is 8.00. The van der Waals surface area contributed by atoms with Crippen LogP contribution in [-0.4, -0.2) is 26.3 Å². The summed E-state index contributed by atoms with van der Waals surface area (Å²) in [5.41, 5.74) is 4.40. The lowest BCUT2D eigenvalue weighted by molar-refractivity contribution is -0.115. The second-order valence-electron chi connectivity index (χ2n) is 6.97. The van der Waals surface area contributed by atoms with Crippen molar-refractivity contribution >= 4 is 35.5 Å². The van der Waals surface area contributed by atoms with Crippen LogP contribution in [0.25, 0.3) is 12.2 Å². The smallest absolute Gasteiger partial charge is 0.237 e. The minimum absolute atomic E-state index is 0.0823. The zero-order valence-electron chi connectivity index (χ0n) is 16.0. The standard InChI is InChI=1S/C22H21FN4OS/c1-14(21(28)24-19-11-8-16-3-2-4-17(16)13-19)29-22-25-20(26-27-22)12-7-15-5-9-18(23)10-6-15/h5-14H,2-4H2,1H3,(H,24,28)(H,25,26,27)/b12-7+/t14-/m0/s1. The van der Waals surface area contributed by atoms with Gasteiger partial charge >= 0.3 is 0 Å². The fourth-order valence-electron chi connectivity index (χ4n) is 3.24. The van der Waals surface area contributed by atoms with Gasteiger partial charge in [0.05, 0.1) is 5.25 Å². The van der Waals surface area contributed by atoms with Gasteiger partial charge in [-0.15, -0.1) is 5.10 Å². The quantitative estimate of drug-likeness (QED) is 0.579. The third kappa shape index (κ3) is 4.92. The van der Waals surface area contributed by atoms with E-state index in [2.05, 4.69) is 32.6 Å². The first-order valence-electron chi connectivity index (χ1n) is 9.52. The molecule has 3 aromatic rings. The van der Waals surface area contributed by atoms with Gasteiger partial charge in [-0.2, -0.15) is 0 Å². The lowest BCUT2D eigenvalue weighted by Gasteiger charge is -2.11. The van der Waals surface area contributed by atoms with E-state index in [1.165, 1.54) is 41.4 Å². The molecule has 1 aromatic heterocycles. The number of carbonyl (C=O) groups is 1. The molecule has 0 aliphatic heterocycles. The maximum absolute atomic E-state index is 12.9. The van der Waals surface area contributed by atoms with Crippen molar-refractivity contribution in [1.82, 2.24) is 15.2 Å². The highest BCUT2D eigenvalue weighted by Crippen LogP contribution is 2.26. The Balaban J connectivity index is 1.34. The summed E-state index contributed by atoms with van der Waals surface area (Å²) in [5.74, 6) is 0.219. The molecule has 0 spiro atoms. The molecular weight excluding hydrogens is 387 g/mol. The number of aromatic amines is 1. The second kappa shape index (κ2) is 8.61. The van der Waals surface area contributed by atoms with E-state index in [0.29, 0.717) is 11.0 Å². The van der Waals surface area contributed by atoms with E-state index >= 15 is 0 Å². The fourth-order valence-corrected chi connectivity index (χ4v) is 3.97. The summed E-state index contributed by atoms with van der Waals surface area (Å²) in [6.07, 6.45) is 6.97. The normalized spacial score (nSPS) is 14.1. The largest absolute Gasteiger partial charge is 0.325 e. The lowest BCUT2D eigenvalue weighted by atomic mass is 10.1. The zero-order valence-corrected chi connectivity index (χ0v) is 16.8. The monoisotopic (exact) mass is 408 g/mol. The molecule has 5 nitrogen and oxygen atoms in total. The van der Waals surface area contributed by atoms with Gasteiger partial charge in [-0.25, -0.2) is 9.37 Å². The molecule has 0 bridgehead atoms. The number of nitrogens with zero attached hydrogens (tertiary/aromatic N) is 2. The maximum Gasteiger partial charge on any atom is 0.237 e. The molecule has 7 heteroatoms. The first-order valence-corrected chi connectivity index (χ1v) is 10.4. The predicted molar refractivity (Wildman–Crippen MR) is 114 cm³/mol. The number of aromatic nitrogens is 3. The van der Waals surface area contributed by atoms with E-state index in [1.54, 1.807) is 18.2 Å². The molecule has 29 heavy (non-hydrogen) atoms. The molecule has 1 atom stereocenters. The van der Waals surface area contributed by atoms with Crippen LogP contribution < -0.4 is 5.32 Å². The number of benzene rings is 2. The number of hydrogen-bond donors (Lipinski definition) is 2. The number of H-pyrrole nitrogens is 1. The van der Waals surface area contributed by atoms with Crippen molar-refractivity contribution < 1.29 is 9.18 Å². The topological polar surface area (TPSA) is 70.7 Å². The van der Waals surface area contributed by atoms with Crippen LogP contribution >= 0.6 is 11.8 Å². The highest BCUT2D eigenvalue weighted by Gasteiger charge is 2.18. The third-order valence-electron chi connectivity index (χ3n) is 4.80. The zero-order chi connectivity index (χ0) is 20.2. The molecule has 0 radical (unpaired) electrons.